The molecule has 448 valence electrons. The van der Waals surface area contributed by atoms with Crippen molar-refractivity contribution in [3.8, 4) is 22.9 Å². The number of pyridine rings is 3. The number of aromatic nitrogens is 15. The SMILES string of the molecule is CC1(C)NCCN(c2cccc(-c3nn[nH]n3)n2)C1=O.CC1(C)NCCN(c2ccccn2)C1=O.CC1(C)NCCN(c2ccncc2)C1=O.CC1(C)NCCN(c2cncnc2)C1=O.CC1(C)NCCN(c2ncc(-c3nn[nH]n3)cn2)C1=O. The molecule has 0 radical (unpaired) electrons. The third-order valence-corrected chi connectivity index (χ3v) is 14.2. The first-order chi connectivity index (χ1) is 40.5. The van der Waals surface area contributed by atoms with E-state index < -0.39 is 27.7 Å². The molecule has 0 bridgehead atoms. The number of carbonyl (C=O) groups is 5. The second-order valence-corrected chi connectivity index (χ2v) is 22.7. The molecule has 7 N–H and O–H groups in total. The Morgan fingerprint density at radius 3 is 1.33 bits per heavy atom. The van der Waals surface area contributed by atoms with Crippen LogP contribution in [0.5, 0.6) is 0 Å². The number of anilines is 5. The summed E-state index contributed by atoms with van der Waals surface area (Å²) in [6, 6.07) is 14.7. The smallest absolute Gasteiger partial charge is 0.249 e. The standard InChI is InChI=1S/C12H15N7O.C11H14N8O.2C11H15N3O.C10H14N4O/c1-12(2)11(20)19(7-6-13-12)9-5-3-4-8(14-9)10-15-17-18-16-10;1-11(2)9(20)19(4-3-14-11)10-12-5-7(6-13-10)8-15-17-18-16-8;1-11(2)10(15)14(8-7-13-11)9-3-5-12-6-4-9;1-11(2)10(15)14(8-7-13-11)9-5-3-4-6-12-9;1-10(2)9(15)14(4-3-13-10)8-5-11-7-12-6-8/h3-5,13H,6-7H2,1-2H3,(H,15,16,17,18);5-6,14H,3-4H2,1-2H3,(H,15,16,17,18);2*3-6,13H,7-8H2,1-2H3;5-7,13H,3-4H2,1-2H3. The predicted molar refractivity (Wildman–Crippen MR) is 315 cm³/mol. The molecule has 0 saturated carbocycles. The normalized spacial score (nSPS) is 19.4. The summed E-state index contributed by atoms with van der Waals surface area (Å²) in [5.74, 6) is 2.76. The second kappa shape index (κ2) is 26.6. The predicted octanol–water partition coefficient (Wildman–Crippen LogP) is 1.13. The number of tetrazole rings is 2. The molecule has 7 aromatic rings. The molecule has 85 heavy (non-hydrogen) atoms. The molecule has 12 heterocycles. The fourth-order valence-corrected chi connectivity index (χ4v) is 9.39. The lowest BCUT2D eigenvalue weighted by Gasteiger charge is -2.38. The highest BCUT2D eigenvalue weighted by Crippen LogP contribution is 2.25. The van der Waals surface area contributed by atoms with Gasteiger partial charge >= 0.3 is 0 Å². The molecule has 30 nitrogen and oxygen atoms in total. The average Bonchev–Trinajstić information content (AvgIpc) is 4.28. The minimum Gasteiger partial charge on any atom is -0.309 e. The summed E-state index contributed by atoms with van der Waals surface area (Å²) in [6.07, 6.45) is 13.1. The zero-order valence-corrected chi connectivity index (χ0v) is 49.4. The number of amides is 5. The fraction of sp³-hybridized carbons (Fsp3) is 0.455. The molecule has 5 aliphatic heterocycles. The molecule has 0 aliphatic carbocycles. The first kappa shape index (κ1) is 62.0. The lowest BCUT2D eigenvalue weighted by atomic mass is 10.0. The van der Waals surface area contributed by atoms with E-state index in [9.17, 15) is 24.0 Å². The van der Waals surface area contributed by atoms with Crippen LogP contribution in [0.3, 0.4) is 0 Å². The van der Waals surface area contributed by atoms with Crippen LogP contribution in [0.4, 0.5) is 29.0 Å². The molecule has 5 aliphatic rings. The van der Waals surface area contributed by atoms with E-state index in [0.717, 1.165) is 43.4 Å². The van der Waals surface area contributed by atoms with E-state index in [1.807, 2.05) is 112 Å². The van der Waals surface area contributed by atoms with Crippen molar-refractivity contribution in [2.24, 2.45) is 0 Å². The molecule has 0 spiro atoms. The molecule has 0 atom stereocenters. The van der Waals surface area contributed by atoms with Crippen LogP contribution in [0, 0.1) is 0 Å². The Hall–Kier alpha value is -9.10. The zero-order valence-electron chi connectivity index (χ0n) is 49.4. The van der Waals surface area contributed by atoms with Crippen molar-refractivity contribution in [2.45, 2.75) is 96.9 Å². The molecule has 30 heteroatoms. The maximum atomic E-state index is 12.4. The van der Waals surface area contributed by atoms with Gasteiger partial charge < -0.3 is 36.4 Å². The van der Waals surface area contributed by atoms with Crippen molar-refractivity contribution < 1.29 is 24.0 Å². The van der Waals surface area contributed by atoms with E-state index in [-0.39, 0.29) is 29.5 Å². The molecule has 12 rings (SSSR count). The van der Waals surface area contributed by atoms with Gasteiger partial charge in [-0.2, -0.15) is 10.4 Å². The molecule has 5 amide bonds. The van der Waals surface area contributed by atoms with Crippen LogP contribution < -0.4 is 51.1 Å². The van der Waals surface area contributed by atoms with Crippen LogP contribution in [0.2, 0.25) is 0 Å². The third-order valence-electron chi connectivity index (χ3n) is 14.2. The Morgan fingerprint density at radius 2 is 0.847 bits per heavy atom. The number of piperazine rings is 5. The van der Waals surface area contributed by atoms with Crippen LogP contribution in [0.1, 0.15) is 69.2 Å². The Bertz CT molecular complexity index is 3160. The molecule has 0 unspecified atom stereocenters. The van der Waals surface area contributed by atoms with Crippen molar-refractivity contribution >= 4 is 58.5 Å². The number of H-pyrrole nitrogens is 2. The quantitative estimate of drug-likeness (QED) is 0.118. The van der Waals surface area contributed by atoms with Gasteiger partial charge in [0.25, 0.3) is 0 Å². The van der Waals surface area contributed by atoms with Gasteiger partial charge in [0, 0.05) is 102 Å². The largest absolute Gasteiger partial charge is 0.309 e. The average molecular weight is 1160 g/mol. The maximum absolute atomic E-state index is 12.4. The Labute approximate surface area is 491 Å². The van der Waals surface area contributed by atoms with E-state index in [1.165, 1.54) is 6.33 Å². The maximum Gasteiger partial charge on any atom is 0.249 e. The Balaban J connectivity index is 0.000000139. The van der Waals surface area contributed by atoms with Gasteiger partial charge in [0.2, 0.25) is 47.1 Å². The number of hydrogen-bond acceptors (Lipinski definition) is 23. The monoisotopic (exact) mass is 1160 g/mol. The lowest BCUT2D eigenvalue weighted by Crippen LogP contribution is -2.61. The van der Waals surface area contributed by atoms with Crippen molar-refractivity contribution in [3.63, 3.8) is 0 Å². The Kier molecular flexibility index (Phi) is 19.4. The summed E-state index contributed by atoms with van der Waals surface area (Å²) in [4.78, 5) is 98.3. The third kappa shape index (κ3) is 15.2. The minimum absolute atomic E-state index is 0.00140. The first-order valence-corrected chi connectivity index (χ1v) is 27.7. The highest BCUT2D eigenvalue weighted by molar-refractivity contribution is 6.02. The molecule has 5 saturated heterocycles. The summed E-state index contributed by atoms with van der Waals surface area (Å²) < 4.78 is 0. The highest BCUT2D eigenvalue weighted by Gasteiger charge is 2.40. The topological polar surface area (TPSA) is 361 Å². The number of rotatable bonds is 7. The molecule has 7 aromatic heterocycles. The lowest BCUT2D eigenvalue weighted by molar-refractivity contribution is -0.125. The summed E-state index contributed by atoms with van der Waals surface area (Å²) in [7, 11) is 0. The van der Waals surface area contributed by atoms with Gasteiger partial charge in [0.15, 0.2) is 0 Å². The van der Waals surface area contributed by atoms with E-state index >= 15 is 0 Å². The van der Waals surface area contributed by atoms with E-state index in [4.69, 9.17) is 0 Å². The van der Waals surface area contributed by atoms with Crippen LogP contribution in [0.25, 0.3) is 22.9 Å². The van der Waals surface area contributed by atoms with Crippen molar-refractivity contribution in [1.82, 2.24) is 103 Å². The summed E-state index contributed by atoms with van der Waals surface area (Å²) in [5, 5.41) is 43.1. The van der Waals surface area contributed by atoms with Gasteiger partial charge in [0.05, 0.1) is 51.3 Å². The summed E-state index contributed by atoms with van der Waals surface area (Å²) in [6.45, 7) is 25.8. The van der Waals surface area contributed by atoms with Crippen molar-refractivity contribution in [2.75, 3.05) is 89.9 Å². The van der Waals surface area contributed by atoms with Gasteiger partial charge in [-0.1, -0.05) is 12.1 Å². The molecule has 5 fully saturated rings. The van der Waals surface area contributed by atoms with Crippen LogP contribution >= 0.6 is 0 Å². The van der Waals surface area contributed by atoms with Crippen LogP contribution in [0.15, 0.2) is 98.2 Å². The summed E-state index contributed by atoms with van der Waals surface area (Å²) >= 11 is 0. The fourth-order valence-electron chi connectivity index (χ4n) is 9.39. The number of hydrogen-bond donors (Lipinski definition) is 7. The number of aromatic amines is 2. The second-order valence-electron chi connectivity index (χ2n) is 22.7. The van der Waals surface area contributed by atoms with Crippen molar-refractivity contribution in [1.29, 1.82) is 0 Å². The van der Waals surface area contributed by atoms with E-state index in [2.05, 4.69) is 103 Å². The summed E-state index contributed by atoms with van der Waals surface area (Å²) in [5.41, 5.74) is 0.257. The van der Waals surface area contributed by atoms with Crippen LogP contribution in [-0.2, 0) is 24.0 Å². The number of nitrogens with zero attached hydrogens (tertiary/aromatic N) is 18. The number of carbonyl (C=O) groups excluding carboxylic acids is 5. The van der Waals surface area contributed by atoms with Gasteiger partial charge in [0.1, 0.15) is 23.7 Å². The highest BCUT2D eigenvalue weighted by atomic mass is 16.2. The van der Waals surface area contributed by atoms with Gasteiger partial charge in [-0.05, 0) is 116 Å². The molecule has 0 aromatic carbocycles. The zero-order chi connectivity index (χ0) is 61.0. The van der Waals surface area contributed by atoms with Gasteiger partial charge in [-0.15, -0.1) is 20.4 Å². The minimum atomic E-state index is -0.603. The van der Waals surface area contributed by atoms with Gasteiger partial charge in [-0.3, -0.25) is 43.7 Å². The Morgan fingerprint density at radius 1 is 0.412 bits per heavy atom. The van der Waals surface area contributed by atoms with E-state index in [0.29, 0.717) is 73.9 Å². The van der Waals surface area contributed by atoms with Crippen LogP contribution in [-0.4, -0.2) is 199 Å². The van der Waals surface area contributed by atoms with Crippen molar-refractivity contribution in [3.05, 3.63) is 98.2 Å². The van der Waals surface area contributed by atoms with Gasteiger partial charge in [-0.25, -0.2) is 29.9 Å². The van der Waals surface area contributed by atoms with E-state index in [1.54, 1.807) is 73.9 Å². The first-order valence-electron chi connectivity index (χ1n) is 27.7. The molecular formula is C55H73N25O5. The number of nitrogens with one attached hydrogen (secondary N) is 7. The molecular weight excluding hydrogens is 1090 g/mol.